The van der Waals surface area contributed by atoms with Gasteiger partial charge >= 0.3 is 0 Å². The molecule has 0 aromatic carbocycles. The quantitative estimate of drug-likeness (QED) is 0.838. The number of nitriles is 1. The van der Waals surface area contributed by atoms with Crippen molar-refractivity contribution in [2.24, 2.45) is 13.0 Å². The molecule has 0 amide bonds. The smallest absolute Gasteiger partial charge is 0.146 e. The fraction of sp³-hybridized carbons (Fsp3) is 0.526. The SMILES string of the molecule is CCN1CCC[C@@H](CN(C)c2ncccc2C#N)[C@@H]1c1cnn(C)c1. The number of hydrogen-bond donors (Lipinski definition) is 0. The number of rotatable bonds is 5. The van der Waals surface area contributed by atoms with Crippen molar-refractivity contribution in [1.82, 2.24) is 19.7 Å². The lowest BCUT2D eigenvalue weighted by molar-refractivity contribution is 0.101. The van der Waals surface area contributed by atoms with Crippen LogP contribution in [-0.2, 0) is 7.05 Å². The van der Waals surface area contributed by atoms with Crippen LogP contribution in [0.1, 0.15) is 36.9 Å². The van der Waals surface area contributed by atoms with Gasteiger partial charge in [-0.05, 0) is 44.0 Å². The van der Waals surface area contributed by atoms with Gasteiger partial charge in [-0.15, -0.1) is 0 Å². The number of aromatic nitrogens is 3. The van der Waals surface area contributed by atoms with Gasteiger partial charge in [0.15, 0.2) is 0 Å². The predicted octanol–water partition coefficient (Wildman–Crippen LogP) is 2.60. The van der Waals surface area contributed by atoms with Crippen molar-refractivity contribution < 1.29 is 0 Å². The van der Waals surface area contributed by atoms with Crippen LogP contribution >= 0.6 is 0 Å². The summed E-state index contributed by atoms with van der Waals surface area (Å²) in [4.78, 5) is 9.10. The zero-order valence-electron chi connectivity index (χ0n) is 15.3. The Labute approximate surface area is 149 Å². The average Bonchev–Trinajstić information content (AvgIpc) is 3.07. The Morgan fingerprint density at radius 2 is 2.28 bits per heavy atom. The summed E-state index contributed by atoms with van der Waals surface area (Å²) in [6, 6.07) is 6.26. The van der Waals surface area contributed by atoms with Crippen LogP contribution in [0, 0.1) is 17.2 Å². The molecule has 0 N–H and O–H groups in total. The van der Waals surface area contributed by atoms with Crippen LogP contribution in [0.25, 0.3) is 0 Å². The Hall–Kier alpha value is -2.39. The molecule has 0 bridgehead atoms. The highest BCUT2D eigenvalue weighted by Gasteiger charge is 2.33. The predicted molar refractivity (Wildman–Crippen MR) is 98.1 cm³/mol. The molecular formula is C19H26N6. The van der Waals surface area contributed by atoms with Gasteiger partial charge in [0, 0.05) is 44.6 Å². The number of piperidine rings is 1. The zero-order valence-corrected chi connectivity index (χ0v) is 15.3. The molecule has 6 nitrogen and oxygen atoms in total. The maximum absolute atomic E-state index is 9.35. The van der Waals surface area contributed by atoms with Crippen molar-refractivity contribution in [3.63, 3.8) is 0 Å². The van der Waals surface area contributed by atoms with Crippen molar-refractivity contribution in [2.75, 3.05) is 31.6 Å². The first-order valence-electron chi connectivity index (χ1n) is 8.93. The third-order valence-corrected chi connectivity index (χ3v) is 5.11. The first-order valence-corrected chi connectivity index (χ1v) is 8.93. The van der Waals surface area contributed by atoms with Crippen LogP contribution in [0.5, 0.6) is 0 Å². The summed E-state index contributed by atoms with van der Waals surface area (Å²) in [6.45, 7) is 5.26. The summed E-state index contributed by atoms with van der Waals surface area (Å²) < 4.78 is 1.88. The highest BCUT2D eigenvalue weighted by atomic mass is 15.3. The van der Waals surface area contributed by atoms with E-state index >= 15 is 0 Å². The maximum Gasteiger partial charge on any atom is 0.146 e. The number of hydrogen-bond acceptors (Lipinski definition) is 5. The molecule has 0 unspecified atom stereocenters. The Kier molecular flexibility index (Phi) is 5.34. The third kappa shape index (κ3) is 3.67. The van der Waals surface area contributed by atoms with Gasteiger partial charge in [-0.2, -0.15) is 10.4 Å². The Morgan fingerprint density at radius 1 is 1.44 bits per heavy atom. The summed E-state index contributed by atoms with van der Waals surface area (Å²) in [5.41, 5.74) is 1.91. The molecule has 3 heterocycles. The van der Waals surface area contributed by atoms with Crippen LogP contribution < -0.4 is 4.90 Å². The lowest BCUT2D eigenvalue weighted by Crippen LogP contribution is -2.43. The molecule has 2 aromatic heterocycles. The van der Waals surface area contributed by atoms with Crippen LogP contribution in [-0.4, -0.2) is 46.3 Å². The number of pyridine rings is 1. The van der Waals surface area contributed by atoms with Crippen LogP contribution in [0.15, 0.2) is 30.7 Å². The first kappa shape index (κ1) is 17.4. The van der Waals surface area contributed by atoms with Crippen molar-refractivity contribution in [3.05, 3.63) is 41.9 Å². The summed E-state index contributed by atoms with van der Waals surface area (Å²) in [5.74, 6) is 1.25. The van der Waals surface area contributed by atoms with Crippen molar-refractivity contribution in [2.45, 2.75) is 25.8 Å². The van der Waals surface area contributed by atoms with Crippen molar-refractivity contribution in [3.8, 4) is 6.07 Å². The number of nitrogens with zero attached hydrogens (tertiary/aromatic N) is 6. The van der Waals surface area contributed by atoms with E-state index in [1.165, 1.54) is 18.4 Å². The molecule has 25 heavy (non-hydrogen) atoms. The fourth-order valence-corrected chi connectivity index (χ4v) is 4.00. The fourth-order valence-electron chi connectivity index (χ4n) is 4.00. The molecule has 3 rings (SSSR count). The van der Waals surface area contributed by atoms with Gasteiger partial charge in [0.2, 0.25) is 0 Å². The monoisotopic (exact) mass is 338 g/mol. The second-order valence-electron chi connectivity index (χ2n) is 6.79. The van der Waals surface area contributed by atoms with Gasteiger partial charge in [-0.1, -0.05) is 6.92 Å². The van der Waals surface area contributed by atoms with E-state index in [4.69, 9.17) is 0 Å². The molecule has 0 saturated carbocycles. The molecule has 0 aliphatic carbocycles. The molecule has 1 saturated heterocycles. The topological polar surface area (TPSA) is 61.0 Å². The van der Waals surface area contributed by atoms with Crippen LogP contribution in [0.4, 0.5) is 5.82 Å². The van der Waals surface area contributed by atoms with E-state index in [2.05, 4.69) is 39.1 Å². The molecule has 2 atom stereocenters. The van der Waals surface area contributed by atoms with E-state index in [1.54, 1.807) is 6.20 Å². The molecule has 132 valence electrons. The molecule has 6 heteroatoms. The van der Waals surface area contributed by atoms with Gasteiger partial charge < -0.3 is 4.90 Å². The Balaban J connectivity index is 1.84. The highest BCUT2D eigenvalue weighted by Crippen LogP contribution is 2.36. The van der Waals surface area contributed by atoms with Crippen molar-refractivity contribution in [1.29, 1.82) is 5.26 Å². The summed E-state index contributed by atoms with van der Waals surface area (Å²) in [7, 11) is 4.01. The van der Waals surface area contributed by atoms with Crippen LogP contribution in [0.3, 0.4) is 0 Å². The zero-order chi connectivity index (χ0) is 17.8. The molecule has 1 aliphatic rings. The summed E-state index contributed by atoms with van der Waals surface area (Å²) in [5, 5.41) is 13.7. The number of aryl methyl sites for hydroxylation is 1. The van der Waals surface area contributed by atoms with Gasteiger partial charge in [0.1, 0.15) is 11.9 Å². The molecule has 1 aliphatic heterocycles. The minimum Gasteiger partial charge on any atom is -0.358 e. The third-order valence-electron chi connectivity index (χ3n) is 5.11. The Bertz CT molecular complexity index is 746. The highest BCUT2D eigenvalue weighted by molar-refractivity contribution is 5.52. The van der Waals surface area contributed by atoms with Gasteiger partial charge in [-0.3, -0.25) is 9.58 Å². The van der Waals surface area contributed by atoms with Crippen LogP contribution in [0.2, 0.25) is 0 Å². The minimum atomic E-state index is 0.365. The van der Waals surface area contributed by atoms with E-state index in [0.29, 0.717) is 17.5 Å². The molecule has 1 fully saturated rings. The largest absolute Gasteiger partial charge is 0.358 e. The van der Waals surface area contributed by atoms with E-state index in [9.17, 15) is 5.26 Å². The molecule has 0 radical (unpaired) electrons. The number of likely N-dealkylation sites (tertiary alicyclic amines) is 1. The lowest BCUT2D eigenvalue weighted by atomic mass is 9.85. The van der Waals surface area contributed by atoms with E-state index in [-0.39, 0.29) is 0 Å². The standard InChI is InChI=1S/C19H26N6/c1-4-25-10-6-8-16(18(25)17-12-22-24(3)14-17)13-23(2)19-15(11-20)7-5-9-21-19/h5,7,9,12,14,16,18H,4,6,8,10,13H2,1-3H3/t16-,18+/m0/s1. The lowest BCUT2D eigenvalue weighted by Gasteiger charge is -2.42. The van der Waals surface area contributed by atoms with E-state index < -0.39 is 0 Å². The first-order chi connectivity index (χ1) is 12.1. The molecular weight excluding hydrogens is 312 g/mol. The second-order valence-corrected chi connectivity index (χ2v) is 6.79. The van der Waals surface area contributed by atoms with Crippen molar-refractivity contribution >= 4 is 5.82 Å². The van der Waals surface area contributed by atoms with E-state index in [0.717, 1.165) is 25.5 Å². The summed E-state index contributed by atoms with van der Waals surface area (Å²) in [6.07, 6.45) is 8.26. The minimum absolute atomic E-state index is 0.365. The summed E-state index contributed by atoms with van der Waals surface area (Å²) >= 11 is 0. The normalized spacial score (nSPS) is 21.0. The van der Waals surface area contributed by atoms with Gasteiger partial charge in [-0.25, -0.2) is 4.98 Å². The molecule has 2 aromatic rings. The van der Waals surface area contributed by atoms with Gasteiger partial charge in [0.25, 0.3) is 0 Å². The second kappa shape index (κ2) is 7.66. The van der Waals surface area contributed by atoms with Gasteiger partial charge in [0.05, 0.1) is 11.8 Å². The van der Waals surface area contributed by atoms with E-state index in [1.807, 2.05) is 37.1 Å². The maximum atomic E-state index is 9.35. The number of anilines is 1. The average molecular weight is 338 g/mol. The molecule has 0 spiro atoms. The Morgan fingerprint density at radius 3 is 2.96 bits per heavy atom.